The van der Waals surface area contributed by atoms with Crippen molar-refractivity contribution in [2.75, 3.05) is 0 Å². The van der Waals surface area contributed by atoms with Gasteiger partial charge in [0.1, 0.15) is 11.5 Å². The highest BCUT2D eigenvalue weighted by atomic mass is 16.6. The summed E-state index contributed by atoms with van der Waals surface area (Å²) in [7, 11) is 0. The van der Waals surface area contributed by atoms with E-state index in [1.54, 1.807) is 0 Å². The van der Waals surface area contributed by atoms with Gasteiger partial charge in [-0.3, -0.25) is 20.2 Å². The second kappa shape index (κ2) is 10.8. The summed E-state index contributed by atoms with van der Waals surface area (Å²) in [6, 6.07) is 20.4. The third-order valence-electron chi connectivity index (χ3n) is 5.17. The lowest BCUT2D eigenvalue weighted by molar-refractivity contribution is -0.386. The maximum atomic E-state index is 11.7. The largest absolute Gasteiger partial charge is 0.508 e. The monoisotopic (exact) mass is 498 g/mol. The number of nitrogens with zero attached hydrogens (tertiary/aromatic N) is 6. The van der Waals surface area contributed by atoms with Crippen LogP contribution in [0.2, 0.25) is 0 Å². The maximum absolute atomic E-state index is 11.7. The average Bonchev–Trinajstić information content (AvgIpc) is 2.89. The third-order valence-corrected chi connectivity index (χ3v) is 5.17. The Kier molecular flexibility index (Phi) is 7.19. The summed E-state index contributed by atoms with van der Waals surface area (Å²) in [6.07, 6.45) is -0.0720. The topological polar surface area (TPSA) is 176 Å². The first-order valence-corrected chi connectivity index (χ1v) is 10.7. The van der Waals surface area contributed by atoms with Gasteiger partial charge in [0.2, 0.25) is 0 Å². The summed E-state index contributed by atoms with van der Waals surface area (Å²) in [5.74, 6) is 0.142. The van der Waals surface area contributed by atoms with E-state index in [-0.39, 0.29) is 51.8 Å². The highest BCUT2D eigenvalue weighted by Gasteiger charge is 2.20. The smallest absolute Gasteiger partial charge is 0.275 e. The zero-order chi connectivity index (χ0) is 26.4. The van der Waals surface area contributed by atoms with Crippen LogP contribution in [0.15, 0.2) is 105 Å². The fraction of sp³-hybridized carbons (Fsp3) is 0.0400. The van der Waals surface area contributed by atoms with Gasteiger partial charge in [0.15, 0.2) is 0 Å². The van der Waals surface area contributed by atoms with Crippen LogP contribution in [-0.4, -0.2) is 20.1 Å². The molecular formula is C25H18N6O6. The van der Waals surface area contributed by atoms with Crippen LogP contribution in [0.5, 0.6) is 11.5 Å². The summed E-state index contributed by atoms with van der Waals surface area (Å²) in [5.41, 5.74) is 1.35. The lowest BCUT2D eigenvalue weighted by atomic mass is 10.0. The summed E-state index contributed by atoms with van der Waals surface area (Å²) in [5, 5.41) is 58.1. The van der Waals surface area contributed by atoms with Gasteiger partial charge in [-0.05, 0) is 72.8 Å². The average molecular weight is 498 g/mol. The van der Waals surface area contributed by atoms with Crippen LogP contribution in [0.25, 0.3) is 0 Å². The van der Waals surface area contributed by atoms with Gasteiger partial charge in [-0.2, -0.15) is 20.5 Å². The van der Waals surface area contributed by atoms with Crippen molar-refractivity contribution in [3.63, 3.8) is 0 Å². The van der Waals surface area contributed by atoms with Gasteiger partial charge in [-0.1, -0.05) is 0 Å². The molecule has 0 radical (unpaired) electrons. The minimum atomic E-state index is -0.582. The first kappa shape index (κ1) is 24.6. The molecule has 0 bridgehead atoms. The lowest BCUT2D eigenvalue weighted by Crippen LogP contribution is -2.00. The van der Waals surface area contributed by atoms with Crippen molar-refractivity contribution in [1.29, 1.82) is 0 Å². The van der Waals surface area contributed by atoms with Crippen LogP contribution in [0.1, 0.15) is 11.1 Å². The molecule has 4 rings (SSSR count). The molecule has 0 saturated carbocycles. The SMILES string of the molecule is O=[N+]([O-])c1cc(N=Nc2ccc(O)cc2)ccc1Cc1ccc(N=Nc2ccc(O)cc2)cc1[N+](=O)[O-]. The number of benzene rings is 4. The van der Waals surface area contributed by atoms with E-state index in [4.69, 9.17) is 0 Å². The molecular weight excluding hydrogens is 480 g/mol. The highest BCUT2D eigenvalue weighted by molar-refractivity contribution is 5.58. The number of rotatable bonds is 8. The third kappa shape index (κ3) is 6.33. The van der Waals surface area contributed by atoms with E-state index in [1.807, 2.05) is 0 Å². The van der Waals surface area contributed by atoms with E-state index < -0.39 is 9.85 Å². The van der Waals surface area contributed by atoms with Gasteiger partial charge in [0.25, 0.3) is 11.4 Å². The van der Waals surface area contributed by atoms with Crippen molar-refractivity contribution in [1.82, 2.24) is 0 Å². The molecule has 184 valence electrons. The van der Waals surface area contributed by atoms with Gasteiger partial charge in [-0.15, -0.1) is 0 Å². The molecule has 4 aromatic carbocycles. The first-order chi connectivity index (χ1) is 17.8. The fourth-order valence-corrected chi connectivity index (χ4v) is 3.34. The van der Waals surface area contributed by atoms with Crippen molar-refractivity contribution < 1.29 is 20.1 Å². The molecule has 0 heterocycles. The zero-order valence-electron chi connectivity index (χ0n) is 19.0. The van der Waals surface area contributed by atoms with E-state index >= 15 is 0 Å². The van der Waals surface area contributed by atoms with Crippen molar-refractivity contribution in [2.24, 2.45) is 20.5 Å². The molecule has 2 N–H and O–H groups in total. The Balaban J connectivity index is 1.59. The minimum Gasteiger partial charge on any atom is -0.508 e. The van der Waals surface area contributed by atoms with Crippen molar-refractivity contribution in [2.45, 2.75) is 6.42 Å². The molecule has 4 aromatic rings. The quantitative estimate of drug-likeness (QED) is 0.146. The van der Waals surface area contributed by atoms with Crippen LogP contribution in [-0.2, 0) is 6.42 Å². The Bertz CT molecular complexity index is 1400. The first-order valence-electron chi connectivity index (χ1n) is 10.7. The molecule has 0 aliphatic rings. The number of phenols is 2. The van der Waals surface area contributed by atoms with Crippen molar-refractivity contribution in [3.05, 3.63) is 116 Å². The van der Waals surface area contributed by atoms with Gasteiger partial charge >= 0.3 is 0 Å². The van der Waals surface area contributed by atoms with Gasteiger partial charge < -0.3 is 10.2 Å². The number of azo groups is 2. The zero-order valence-corrected chi connectivity index (χ0v) is 19.0. The fourth-order valence-electron chi connectivity index (χ4n) is 3.34. The predicted molar refractivity (Wildman–Crippen MR) is 134 cm³/mol. The van der Waals surface area contributed by atoms with Crippen LogP contribution in [0, 0.1) is 20.2 Å². The maximum Gasteiger partial charge on any atom is 0.275 e. The highest BCUT2D eigenvalue weighted by Crippen LogP contribution is 2.33. The Morgan fingerprint density at radius 3 is 1.22 bits per heavy atom. The normalized spacial score (nSPS) is 11.2. The molecule has 0 fully saturated rings. The van der Waals surface area contributed by atoms with E-state index in [0.717, 1.165) is 0 Å². The summed E-state index contributed by atoms with van der Waals surface area (Å²) >= 11 is 0. The predicted octanol–water partition coefficient (Wildman–Crippen LogP) is 7.34. The summed E-state index contributed by atoms with van der Waals surface area (Å²) in [6.45, 7) is 0. The molecule has 0 unspecified atom stereocenters. The van der Waals surface area contributed by atoms with Gasteiger partial charge in [-0.25, -0.2) is 0 Å². The number of hydrogen-bond acceptors (Lipinski definition) is 10. The molecule has 0 amide bonds. The standard InChI is InChI=1S/C25H18N6O6/c32-22-9-5-18(6-10-22)26-28-20-3-1-16(24(14-20)30(34)35)13-17-2-4-21(15-25(17)31(36)37)29-27-19-7-11-23(33)12-8-19/h1-12,14-15,32-33H,13H2. The number of nitro groups is 2. The Hall–Kier alpha value is -5.52. The Labute approximate surface area is 209 Å². The second-order valence-electron chi connectivity index (χ2n) is 7.75. The van der Waals surface area contributed by atoms with Crippen LogP contribution in [0.3, 0.4) is 0 Å². The van der Waals surface area contributed by atoms with Crippen LogP contribution < -0.4 is 0 Å². The summed E-state index contributed by atoms with van der Waals surface area (Å²) < 4.78 is 0. The molecule has 0 atom stereocenters. The number of nitro benzene ring substituents is 2. The van der Waals surface area contributed by atoms with Gasteiger partial charge in [0.05, 0.1) is 32.6 Å². The molecule has 0 saturated heterocycles. The second-order valence-corrected chi connectivity index (χ2v) is 7.75. The molecule has 0 aromatic heterocycles. The number of hydrogen-bond donors (Lipinski definition) is 2. The van der Waals surface area contributed by atoms with Gasteiger partial charge in [0, 0.05) is 29.7 Å². The van der Waals surface area contributed by atoms with E-state index in [2.05, 4.69) is 20.5 Å². The van der Waals surface area contributed by atoms with Crippen LogP contribution >= 0.6 is 0 Å². The number of aromatic hydroxyl groups is 2. The van der Waals surface area contributed by atoms with Crippen LogP contribution in [0.4, 0.5) is 34.1 Å². The molecule has 37 heavy (non-hydrogen) atoms. The van der Waals surface area contributed by atoms with E-state index in [1.165, 1.54) is 84.9 Å². The number of phenolic OH excluding ortho intramolecular Hbond substituents is 2. The van der Waals surface area contributed by atoms with Crippen molar-refractivity contribution in [3.8, 4) is 11.5 Å². The molecule has 12 nitrogen and oxygen atoms in total. The van der Waals surface area contributed by atoms with E-state index in [0.29, 0.717) is 11.4 Å². The minimum absolute atomic E-state index is 0.0708. The Morgan fingerprint density at radius 1 is 0.541 bits per heavy atom. The molecule has 12 heteroatoms. The Morgan fingerprint density at radius 2 is 0.865 bits per heavy atom. The summed E-state index contributed by atoms with van der Waals surface area (Å²) in [4.78, 5) is 22.3. The molecule has 0 aliphatic carbocycles. The van der Waals surface area contributed by atoms with Crippen molar-refractivity contribution >= 4 is 34.1 Å². The molecule has 0 spiro atoms. The lowest BCUT2D eigenvalue weighted by Gasteiger charge is -2.06. The molecule has 0 aliphatic heterocycles. The van der Waals surface area contributed by atoms with E-state index in [9.17, 15) is 30.4 Å².